The van der Waals surface area contributed by atoms with E-state index in [-0.39, 0.29) is 0 Å². The van der Waals surface area contributed by atoms with E-state index in [1.54, 1.807) is 6.07 Å². The first-order chi connectivity index (χ1) is 8.05. The van der Waals surface area contributed by atoms with Gasteiger partial charge in [-0.05, 0) is 29.7 Å². The van der Waals surface area contributed by atoms with Crippen molar-refractivity contribution in [3.63, 3.8) is 0 Å². The van der Waals surface area contributed by atoms with Crippen LogP contribution in [0.3, 0.4) is 0 Å². The van der Waals surface area contributed by atoms with Gasteiger partial charge in [0.1, 0.15) is 0 Å². The fourth-order valence-corrected chi connectivity index (χ4v) is 1.62. The van der Waals surface area contributed by atoms with Gasteiger partial charge in [-0.1, -0.05) is 42.5 Å². The second kappa shape index (κ2) is 4.62. The van der Waals surface area contributed by atoms with Gasteiger partial charge >= 0.3 is 6.18 Å². The molecule has 0 heterocycles. The first-order valence-corrected chi connectivity index (χ1v) is 5.17. The zero-order valence-electron chi connectivity index (χ0n) is 8.96. The van der Waals surface area contributed by atoms with E-state index >= 15 is 0 Å². The molecule has 0 saturated carbocycles. The highest BCUT2D eigenvalue weighted by atomic mass is 19.4. The smallest absolute Gasteiger partial charge is 0.166 e. The number of halogens is 3. The Morgan fingerprint density at radius 1 is 0.941 bits per heavy atom. The SMILES string of the molecule is FC(F)(F)c1[c]ccc(Cc2ccccc2)c1. The van der Waals surface area contributed by atoms with Gasteiger partial charge in [0.2, 0.25) is 0 Å². The minimum Gasteiger partial charge on any atom is -0.166 e. The van der Waals surface area contributed by atoms with Gasteiger partial charge < -0.3 is 0 Å². The lowest BCUT2D eigenvalue weighted by Crippen LogP contribution is -2.05. The van der Waals surface area contributed by atoms with E-state index in [0.717, 1.165) is 11.6 Å². The summed E-state index contributed by atoms with van der Waals surface area (Å²) in [7, 11) is 0. The average Bonchev–Trinajstić information content (AvgIpc) is 2.29. The first kappa shape index (κ1) is 11.7. The van der Waals surface area contributed by atoms with Gasteiger partial charge in [0.15, 0.2) is 0 Å². The molecule has 2 aromatic rings. The van der Waals surface area contributed by atoms with Crippen LogP contribution in [0, 0.1) is 6.07 Å². The monoisotopic (exact) mass is 235 g/mol. The Balaban J connectivity index is 2.23. The molecule has 0 saturated heterocycles. The van der Waals surface area contributed by atoms with E-state index in [9.17, 15) is 13.2 Å². The second-order valence-electron chi connectivity index (χ2n) is 3.77. The van der Waals surface area contributed by atoms with Crippen LogP contribution in [0.25, 0.3) is 0 Å². The predicted octanol–water partition coefficient (Wildman–Crippen LogP) is 4.10. The fourth-order valence-electron chi connectivity index (χ4n) is 1.62. The quantitative estimate of drug-likeness (QED) is 0.735. The molecule has 0 nitrogen and oxygen atoms in total. The van der Waals surface area contributed by atoms with Crippen molar-refractivity contribution in [1.29, 1.82) is 0 Å². The van der Waals surface area contributed by atoms with E-state index in [2.05, 4.69) is 6.07 Å². The standard InChI is InChI=1S/C14H10F3/c15-14(16,17)13-8-4-7-12(10-13)9-11-5-2-1-3-6-11/h1-7,10H,9H2. The van der Waals surface area contributed by atoms with E-state index in [0.29, 0.717) is 12.0 Å². The van der Waals surface area contributed by atoms with Crippen LogP contribution >= 0.6 is 0 Å². The third kappa shape index (κ3) is 3.09. The maximum absolute atomic E-state index is 12.5. The van der Waals surface area contributed by atoms with Crippen LogP contribution in [-0.4, -0.2) is 0 Å². The van der Waals surface area contributed by atoms with Crippen LogP contribution in [0.4, 0.5) is 13.2 Å². The molecular formula is C14H10F3. The van der Waals surface area contributed by atoms with Crippen LogP contribution in [0.15, 0.2) is 48.5 Å². The molecule has 0 unspecified atom stereocenters. The lowest BCUT2D eigenvalue weighted by molar-refractivity contribution is -0.137. The van der Waals surface area contributed by atoms with Crippen molar-refractivity contribution in [2.75, 3.05) is 0 Å². The van der Waals surface area contributed by atoms with Crippen LogP contribution < -0.4 is 0 Å². The Hall–Kier alpha value is -1.77. The molecule has 0 fully saturated rings. The van der Waals surface area contributed by atoms with Crippen LogP contribution in [0.2, 0.25) is 0 Å². The first-order valence-electron chi connectivity index (χ1n) is 5.17. The lowest BCUT2D eigenvalue weighted by atomic mass is 10.0. The minimum absolute atomic E-state index is 0.499. The molecule has 0 aliphatic heterocycles. The topological polar surface area (TPSA) is 0 Å². The number of alkyl halides is 3. The summed E-state index contributed by atoms with van der Waals surface area (Å²) in [6, 6.07) is 15.7. The lowest BCUT2D eigenvalue weighted by Gasteiger charge is -2.08. The zero-order chi connectivity index (χ0) is 12.3. The van der Waals surface area contributed by atoms with Gasteiger partial charge in [-0.25, -0.2) is 0 Å². The summed E-state index contributed by atoms with van der Waals surface area (Å²) >= 11 is 0. The summed E-state index contributed by atoms with van der Waals surface area (Å²) in [5.74, 6) is 0. The maximum Gasteiger partial charge on any atom is 0.417 e. The van der Waals surface area contributed by atoms with Crippen molar-refractivity contribution in [2.45, 2.75) is 12.6 Å². The van der Waals surface area contributed by atoms with Gasteiger partial charge in [-0.15, -0.1) is 0 Å². The van der Waals surface area contributed by atoms with Crippen LogP contribution in [0.5, 0.6) is 0 Å². The highest BCUT2D eigenvalue weighted by molar-refractivity contribution is 5.30. The van der Waals surface area contributed by atoms with Crippen molar-refractivity contribution >= 4 is 0 Å². The van der Waals surface area contributed by atoms with Crippen molar-refractivity contribution in [3.8, 4) is 0 Å². The summed E-state index contributed by atoms with van der Waals surface area (Å²) in [5.41, 5.74) is 0.917. The fraction of sp³-hybridized carbons (Fsp3) is 0.143. The van der Waals surface area contributed by atoms with E-state index < -0.39 is 11.7 Å². The molecule has 17 heavy (non-hydrogen) atoms. The van der Waals surface area contributed by atoms with Gasteiger partial charge in [-0.2, -0.15) is 13.2 Å². The third-order valence-electron chi connectivity index (χ3n) is 2.42. The Bertz CT molecular complexity index is 486. The average molecular weight is 235 g/mol. The molecule has 0 bridgehead atoms. The van der Waals surface area contributed by atoms with Gasteiger partial charge in [0, 0.05) is 0 Å². The molecule has 1 radical (unpaired) electrons. The highest BCUT2D eigenvalue weighted by Crippen LogP contribution is 2.29. The molecule has 0 aromatic heterocycles. The van der Waals surface area contributed by atoms with Gasteiger partial charge in [0.25, 0.3) is 0 Å². The Kier molecular flexibility index (Phi) is 3.18. The van der Waals surface area contributed by atoms with Crippen molar-refractivity contribution in [2.24, 2.45) is 0 Å². The predicted molar refractivity (Wildman–Crippen MR) is 59.5 cm³/mol. The number of benzene rings is 2. The van der Waals surface area contributed by atoms with E-state index in [4.69, 9.17) is 0 Å². The number of rotatable bonds is 2. The molecule has 87 valence electrons. The molecule has 0 aliphatic carbocycles. The summed E-state index contributed by atoms with van der Waals surface area (Å²) in [4.78, 5) is 0. The molecule has 0 N–H and O–H groups in total. The summed E-state index contributed by atoms with van der Waals surface area (Å²) in [6.45, 7) is 0. The normalized spacial score (nSPS) is 11.5. The summed E-state index contributed by atoms with van der Waals surface area (Å²) in [6.07, 6.45) is -3.83. The molecule has 3 heteroatoms. The van der Waals surface area contributed by atoms with Crippen LogP contribution in [-0.2, 0) is 12.6 Å². The Morgan fingerprint density at radius 3 is 2.29 bits per heavy atom. The molecule has 2 rings (SSSR count). The van der Waals surface area contributed by atoms with Crippen molar-refractivity contribution in [1.82, 2.24) is 0 Å². The van der Waals surface area contributed by atoms with Crippen molar-refractivity contribution in [3.05, 3.63) is 71.3 Å². The van der Waals surface area contributed by atoms with Crippen molar-refractivity contribution < 1.29 is 13.2 Å². The van der Waals surface area contributed by atoms with Crippen LogP contribution in [0.1, 0.15) is 16.7 Å². The van der Waals surface area contributed by atoms with Gasteiger partial charge in [-0.3, -0.25) is 0 Å². The molecule has 2 aromatic carbocycles. The van der Waals surface area contributed by atoms with E-state index in [1.165, 1.54) is 6.07 Å². The molecule has 0 spiro atoms. The highest BCUT2D eigenvalue weighted by Gasteiger charge is 2.30. The van der Waals surface area contributed by atoms with Gasteiger partial charge in [0.05, 0.1) is 5.56 Å². The molecule has 0 amide bonds. The number of hydrogen-bond donors (Lipinski definition) is 0. The maximum atomic E-state index is 12.5. The molecule has 0 atom stereocenters. The number of hydrogen-bond acceptors (Lipinski definition) is 0. The summed E-state index contributed by atoms with van der Waals surface area (Å²) < 4.78 is 37.4. The minimum atomic E-state index is -4.33. The van der Waals surface area contributed by atoms with E-state index in [1.807, 2.05) is 30.3 Å². The largest absolute Gasteiger partial charge is 0.417 e. The molecular weight excluding hydrogens is 225 g/mol. The third-order valence-corrected chi connectivity index (χ3v) is 2.42. The second-order valence-corrected chi connectivity index (χ2v) is 3.77. The summed E-state index contributed by atoms with van der Waals surface area (Å²) in [5, 5.41) is 0. The zero-order valence-corrected chi connectivity index (χ0v) is 8.96. The Morgan fingerprint density at radius 2 is 1.65 bits per heavy atom. The Labute approximate surface area is 97.7 Å². The molecule has 0 aliphatic rings.